The van der Waals surface area contributed by atoms with Crippen LogP contribution in [0.2, 0.25) is 0 Å². The molecule has 0 atom stereocenters. The highest BCUT2D eigenvalue weighted by Gasteiger charge is 2.26. The van der Waals surface area contributed by atoms with Gasteiger partial charge in [-0.3, -0.25) is 0 Å². The van der Waals surface area contributed by atoms with E-state index in [0.29, 0.717) is 11.9 Å². The second-order valence-corrected chi connectivity index (χ2v) is 12.2. The summed E-state index contributed by atoms with van der Waals surface area (Å²) in [4.78, 5) is 17.2. The normalized spacial score (nSPS) is 16.6. The van der Waals surface area contributed by atoms with Crippen molar-refractivity contribution in [3.05, 3.63) is 41.8 Å². The van der Waals surface area contributed by atoms with Crippen LogP contribution in [-0.4, -0.2) is 55.5 Å². The van der Waals surface area contributed by atoms with Crippen molar-refractivity contribution in [2.45, 2.75) is 74.5 Å². The molecule has 9 nitrogen and oxygen atoms in total. The number of piperidine rings is 1. The minimum atomic E-state index is 0. The Morgan fingerprint density at radius 2 is 1.76 bits per heavy atom. The number of hydrogen-bond acceptors (Lipinski definition) is 9. The number of ether oxygens (including phenoxy) is 1. The number of aromatic nitrogens is 4. The summed E-state index contributed by atoms with van der Waals surface area (Å²) in [5.74, 6) is 1.69. The lowest BCUT2D eigenvalue weighted by atomic mass is 10.1. The first-order chi connectivity index (χ1) is 17.6. The molecule has 0 amide bonds. The Morgan fingerprint density at radius 3 is 2.45 bits per heavy atom. The summed E-state index contributed by atoms with van der Waals surface area (Å²) in [6.07, 6.45) is 8.91. The van der Waals surface area contributed by atoms with Crippen molar-refractivity contribution in [1.82, 2.24) is 20.1 Å². The van der Waals surface area contributed by atoms with E-state index in [0.717, 1.165) is 52.8 Å². The third-order valence-corrected chi connectivity index (χ3v) is 9.34. The molecule has 4 heterocycles. The van der Waals surface area contributed by atoms with Gasteiger partial charge < -0.3 is 25.1 Å². The van der Waals surface area contributed by atoms with Gasteiger partial charge in [0.05, 0.1) is 5.52 Å². The Labute approximate surface area is 230 Å². The van der Waals surface area contributed by atoms with E-state index in [1.165, 1.54) is 36.1 Å². The van der Waals surface area contributed by atoms with Crippen LogP contribution in [0.3, 0.4) is 0 Å². The van der Waals surface area contributed by atoms with E-state index in [2.05, 4.69) is 68.5 Å². The number of thioether (sulfide) groups is 1. The highest BCUT2D eigenvalue weighted by Crippen LogP contribution is 2.39. The van der Waals surface area contributed by atoms with E-state index < -0.39 is 0 Å². The molecule has 1 saturated carbocycles. The van der Waals surface area contributed by atoms with Crippen molar-refractivity contribution >= 4 is 39.3 Å². The maximum Gasteiger partial charge on any atom is 0.324 e. The van der Waals surface area contributed by atoms with Crippen molar-refractivity contribution in [2.24, 2.45) is 0 Å². The molecule has 11 heteroatoms. The van der Waals surface area contributed by atoms with Gasteiger partial charge >= 0.3 is 6.01 Å². The van der Waals surface area contributed by atoms with Gasteiger partial charge in [0.1, 0.15) is 17.1 Å². The van der Waals surface area contributed by atoms with Crippen molar-refractivity contribution in [3.63, 3.8) is 0 Å². The van der Waals surface area contributed by atoms with E-state index in [1.807, 2.05) is 11.8 Å². The quantitative estimate of drug-likeness (QED) is 0.298. The van der Waals surface area contributed by atoms with Crippen LogP contribution in [0.25, 0.3) is 21.3 Å². The standard InChI is InChI=1S/C27H31N5O2S2.2H2O/c1-17(2)25-30-27(34-31-25)32-13-11-19(12-14-32)33-26-24-23(28-16-29-26)22(15-35-24)18-7-9-21(10-8-18)36-20-5-3-4-6-20;;/h7-10,15-17,19-20H,3-6,11-14H2,1-2H3;2*1H2. The van der Waals surface area contributed by atoms with E-state index in [1.54, 1.807) is 17.7 Å². The molecule has 1 aliphatic heterocycles. The number of hydrogen-bond donors (Lipinski definition) is 0. The third kappa shape index (κ3) is 5.96. The number of thiophene rings is 1. The van der Waals surface area contributed by atoms with Crippen molar-refractivity contribution in [2.75, 3.05) is 18.0 Å². The molecule has 0 radical (unpaired) electrons. The van der Waals surface area contributed by atoms with Gasteiger partial charge in [-0.05, 0) is 30.5 Å². The van der Waals surface area contributed by atoms with Gasteiger partial charge in [0.25, 0.3) is 0 Å². The molecular weight excluding hydrogens is 522 g/mol. The SMILES string of the molecule is CC(C)c1noc(N2CCC(Oc3ncnc4c(-c5ccc(SC6CCCC6)cc5)csc34)CC2)n1.O.O. The molecule has 6 rings (SSSR count). The van der Waals surface area contributed by atoms with Gasteiger partial charge in [0, 0.05) is 52.9 Å². The number of rotatable bonds is 7. The highest BCUT2D eigenvalue weighted by molar-refractivity contribution is 8.00. The van der Waals surface area contributed by atoms with Crippen LogP contribution >= 0.6 is 23.1 Å². The second-order valence-electron chi connectivity index (χ2n) is 9.95. The van der Waals surface area contributed by atoms with Crippen LogP contribution in [0.1, 0.15) is 64.1 Å². The summed E-state index contributed by atoms with van der Waals surface area (Å²) in [6, 6.07) is 9.56. The van der Waals surface area contributed by atoms with Gasteiger partial charge in [0.2, 0.25) is 5.88 Å². The van der Waals surface area contributed by atoms with Crippen LogP contribution in [0.15, 0.2) is 45.4 Å². The monoisotopic (exact) mass is 557 g/mol. The lowest BCUT2D eigenvalue weighted by molar-refractivity contribution is 0.164. The molecule has 1 aliphatic carbocycles. The van der Waals surface area contributed by atoms with Crippen LogP contribution in [0, 0.1) is 0 Å². The van der Waals surface area contributed by atoms with Crippen LogP contribution in [0.5, 0.6) is 5.88 Å². The fraction of sp³-hybridized carbons (Fsp3) is 0.481. The van der Waals surface area contributed by atoms with Gasteiger partial charge in [-0.15, -0.1) is 23.1 Å². The van der Waals surface area contributed by atoms with Gasteiger partial charge in [-0.1, -0.05) is 44.0 Å². The predicted molar refractivity (Wildman–Crippen MR) is 152 cm³/mol. The Morgan fingerprint density at radius 1 is 1.03 bits per heavy atom. The number of nitrogens with zero attached hydrogens (tertiary/aromatic N) is 5. The number of anilines is 1. The van der Waals surface area contributed by atoms with Crippen LogP contribution in [0.4, 0.5) is 6.01 Å². The molecule has 38 heavy (non-hydrogen) atoms. The molecule has 4 N–H and O–H groups in total. The van der Waals surface area contributed by atoms with Gasteiger partial charge in [-0.25, -0.2) is 9.97 Å². The first-order valence-corrected chi connectivity index (χ1v) is 14.6. The zero-order valence-corrected chi connectivity index (χ0v) is 23.4. The maximum absolute atomic E-state index is 6.40. The van der Waals surface area contributed by atoms with Crippen LogP contribution < -0.4 is 9.64 Å². The van der Waals surface area contributed by atoms with E-state index in [9.17, 15) is 0 Å². The summed E-state index contributed by atoms with van der Waals surface area (Å²) in [7, 11) is 0. The fourth-order valence-corrected chi connectivity index (χ4v) is 7.15. The molecule has 2 aliphatic rings. The summed E-state index contributed by atoms with van der Waals surface area (Å²) < 4.78 is 12.9. The molecule has 1 aromatic carbocycles. The summed E-state index contributed by atoms with van der Waals surface area (Å²) >= 11 is 3.68. The lowest BCUT2D eigenvalue weighted by Gasteiger charge is -2.30. The summed E-state index contributed by atoms with van der Waals surface area (Å²) in [5, 5.41) is 7.05. The van der Waals surface area contributed by atoms with Gasteiger partial charge in [-0.2, -0.15) is 4.98 Å². The predicted octanol–water partition coefficient (Wildman–Crippen LogP) is 5.30. The molecule has 2 fully saturated rings. The molecule has 0 spiro atoms. The molecule has 204 valence electrons. The topological polar surface area (TPSA) is 140 Å². The van der Waals surface area contributed by atoms with Crippen LogP contribution in [-0.2, 0) is 0 Å². The Hall–Kier alpha value is -2.73. The largest absolute Gasteiger partial charge is 0.473 e. The average Bonchev–Trinajstić information content (AvgIpc) is 3.67. The maximum atomic E-state index is 6.40. The third-order valence-electron chi connectivity index (χ3n) is 7.03. The summed E-state index contributed by atoms with van der Waals surface area (Å²) in [6.45, 7) is 5.77. The molecule has 0 unspecified atom stereocenters. The Bertz CT molecular complexity index is 1310. The fourth-order valence-electron chi connectivity index (χ4n) is 4.94. The number of fused-ring (bicyclic) bond motifs is 1. The van der Waals surface area contributed by atoms with Crippen molar-refractivity contribution < 1.29 is 20.2 Å². The zero-order valence-electron chi connectivity index (χ0n) is 21.7. The summed E-state index contributed by atoms with van der Waals surface area (Å²) in [5.41, 5.74) is 3.30. The Kier molecular flexibility index (Phi) is 9.24. The minimum Gasteiger partial charge on any atom is -0.473 e. The molecule has 0 bridgehead atoms. The highest BCUT2D eigenvalue weighted by atomic mass is 32.2. The molecule has 1 saturated heterocycles. The van der Waals surface area contributed by atoms with Gasteiger partial charge in [0.15, 0.2) is 5.82 Å². The zero-order chi connectivity index (χ0) is 24.5. The molecule has 3 aromatic heterocycles. The molecule has 4 aromatic rings. The van der Waals surface area contributed by atoms with Crippen molar-refractivity contribution in [1.29, 1.82) is 0 Å². The van der Waals surface area contributed by atoms with E-state index in [4.69, 9.17) is 9.26 Å². The first-order valence-electron chi connectivity index (χ1n) is 12.9. The minimum absolute atomic E-state index is 0. The second kappa shape index (κ2) is 12.4. The lowest BCUT2D eigenvalue weighted by Crippen LogP contribution is -2.38. The molecular formula is C27H35N5O4S2. The smallest absolute Gasteiger partial charge is 0.324 e. The van der Waals surface area contributed by atoms with Crippen molar-refractivity contribution in [3.8, 4) is 17.0 Å². The number of benzene rings is 1. The Balaban J connectivity index is 0.00000168. The van der Waals surface area contributed by atoms with E-state index >= 15 is 0 Å². The average molecular weight is 558 g/mol. The van der Waals surface area contributed by atoms with E-state index in [-0.39, 0.29) is 23.0 Å². The first kappa shape index (κ1) is 28.3.